The molecule has 0 radical (unpaired) electrons. The van der Waals surface area contributed by atoms with Gasteiger partial charge >= 0.3 is 0 Å². The van der Waals surface area contributed by atoms with Crippen LogP contribution in [0.25, 0.3) is 0 Å². The van der Waals surface area contributed by atoms with E-state index in [4.69, 9.17) is 0 Å². The molecule has 3 aliphatic rings. The molecule has 1 atom stereocenters. The van der Waals surface area contributed by atoms with Crippen LogP contribution in [0.2, 0.25) is 0 Å². The van der Waals surface area contributed by atoms with Gasteiger partial charge in [0.2, 0.25) is 0 Å². The van der Waals surface area contributed by atoms with Crippen LogP contribution < -0.4 is 10.2 Å². The first-order chi connectivity index (χ1) is 19.3. The van der Waals surface area contributed by atoms with Crippen molar-refractivity contribution in [3.63, 3.8) is 0 Å². The monoisotopic (exact) mass is 560 g/mol. The van der Waals surface area contributed by atoms with E-state index in [-0.39, 0.29) is 11.9 Å². The Balaban J connectivity index is 1.66. The molecule has 1 aliphatic carbocycles. The Morgan fingerprint density at radius 2 is 1.77 bits per heavy atom. The van der Waals surface area contributed by atoms with Gasteiger partial charge in [-0.2, -0.15) is 11.8 Å². The summed E-state index contributed by atoms with van der Waals surface area (Å²) in [6.07, 6.45) is 21.7. The van der Waals surface area contributed by atoms with E-state index in [0.29, 0.717) is 0 Å². The molecule has 2 bridgehead atoms. The number of nitrogens with zero attached hydrogens (tertiary/aromatic N) is 5. The van der Waals surface area contributed by atoms with Crippen molar-refractivity contribution in [2.24, 2.45) is 0 Å². The van der Waals surface area contributed by atoms with Crippen molar-refractivity contribution in [3.05, 3.63) is 88.5 Å². The second-order valence-corrected chi connectivity index (χ2v) is 11.6. The van der Waals surface area contributed by atoms with Crippen molar-refractivity contribution in [3.8, 4) is 0 Å². The largest absolute Gasteiger partial charge is 0.381 e. The maximum absolute atomic E-state index is 13.6. The number of fused-ring (bicyclic) bond motifs is 3. The fourth-order valence-corrected chi connectivity index (χ4v) is 5.95. The second-order valence-electron chi connectivity index (χ2n) is 10.7. The predicted molar refractivity (Wildman–Crippen MR) is 168 cm³/mol. The van der Waals surface area contributed by atoms with Crippen LogP contribution in [0.3, 0.4) is 0 Å². The minimum absolute atomic E-state index is 0.0925. The molecule has 0 aromatic carbocycles. The first-order valence-corrected chi connectivity index (χ1v) is 15.7. The lowest BCUT2D eigenvalue weighted by Gasteiger charge is -2.41. The standard InChI is InChI=1S/C32H44N6OS/c1-7-8-9-10-28(22-40-6)35-24(3)30-18-23(2)17-27-12-11-26(30)19-31(36(5)32(27)39)38-15-13-37(14-16-38)29-20-33-25(4)34-21-29/h8-10,17-21,24,35H,7,11-16,22H2,1-6H3/b9-8-,23-18?,27-17?,28-10+,30-26?,31-19?/t24-/m1/s1. The average Bonchev–Trinajstić information content (AvgIpc) is 2.94. The van der Waals surface area contributed by atoms with Crippen LogP contribution in [-0.4, -0.2) is 77.0 Å². The molecule has 0 saturated carbocycles. The quantitative estimate of drug-likeness (QED) is 0.407. The van der Waals surface area contributed by atoms with Gasteiger partial charge in [0.1, 0.15) is 11.6 Å². The van der Waals surface area contributed by atoms with Crippen molar-refractivity contribution in [2.75, 3.05) is 50.1 Å². The number of likely N-dealkylation sites (N-methyl/N-ethyl adjacent to an activating group) is 1. The predicted octanol–water partition coefficient (Wildman–Crippen LogP) is 5.37. The fourth-order valence-electron chi connectivity index (χ4n) is 5.46. The topological polar surface area (TPSA) is 64.6 Å². The minimum atomic E-state index is 0.0925. The Bertz CT molecular complexity index is 1250. The number of hydrogen-bond donors (Lipinski definition) is 1. The van der Waals surface area contributed by atoms with E-state index in [0.717, 1.165) is 79.7 Å². The summed E-state index contributed by atoms with van der Waals surface area (Å²) in [5.41, 5.74) is 6.84. The van der Waals surface area contributed by atoms with E-state index in [1.807, 2.05) is 43.0 Å². The van der Waals surface area contributed by atoms with E-state index < -0.39 is 0 Å². The van der Waals surface area contributed by atoms with Gasteiger partial charge in [0.15, 0.2) is 0 Å². The lowest BCUT2D eigenvalue weighted by atomic mass is 9.89. The van der Waals surface area contributed by atoms with Crippen molar-refractivity contribution in [2.45, 2.75) is 53.0 Å². The number of nitrogens with one attached hydrogen (secondary N) is 1. The number of piperazine rings is 1. The molecular formula is C32H44N6OS. The van der Waals surface area contributed by atoms with Crippen LogP contribution in [0, 0.1) is 6.92 Å². The Morgan fingerprint density at radius 1 is 1.07 bits per heavy atom. The average molecular weight is 561 g/mol. The molecular weight excluding hydrogens is 516 g/mol. The van der Waals surface area contributed by atoms with Gasteiger partial charge in [-0.15, -0.1) is 0 Å². The third kappa shape index (κ3) is 7.27. The molecule has 0 unspecified atom stereocenters. The van der Waals surface area contributed by atoms with Crippen molar-refractivity contribution in [1.82, 2.24) is 25.1 Å². The summed E-state index contributed by atoms with van der Waals surface area (Å²) in [5.74, 6) is 2.79. The van der Waals surface area contributed by atoms with Crippen LogP contribution in [0.4, 0.5) is 5.69 Å². The first kappa shape index (κ1) is 29.7. The maximum Gasteiger partial charge on any atom is 0.255 e. The van der Waals surface area contributed by atoms with E-state index >= 15 is 0 Å². The molecule has 1 saturated heterocycles. The Morgan fingerprint density at radius 3 is 2.45 bits per heavy atom. The number of aryl methyl sites for hydroxylation is 1. The first-order valence-electron chi connectivity index (χ1n) is 14.3. The third-order valence-electron chi connectivity index (χ3n) is 7.62. The van der Waals surface area contributed by atoms with E-state index in [1.165, 1.54) is 16.8 Å². The number of amides is 1. The molecule has 1 aromatic rings. The van der Waals surface area contributed by atoms with Crippen LogP contribution >= 0.6 is 11.8 Å². The Kier molecular flexibility index (Phi) is 10.3. The molecule has 214 valence electrons. The molecule has 0 spiro atoms. The van der Waals surface area contributed by atoms with Gasteiger partial charge in [-0.3, -0.25) is 9.69 Å². The molecule has 1 aromatic heterocycles. The van der Waals surface area contributed by atoms with Gasteiger partial charge in [-0.05, 0) is 69.6 Å². The number of aromatic nitrogens is 2. The van der Waals surface area contributed by atoms with Gasteiger partial charge in [-0.25, -0.2) is 9.97 Å². The summed E-state index contributed by atoms with van der Waals surface area (Å²) in [5, 5.41) is 3.80. The minimum Gasteiger partial charge on any atom is -0.381 e. The fraction of sp³-hybridized carbons (Fsp3) is 0.469. The second kappa shape index (κ2) is 13.9. The molecule has 4 rings (SSSR count). The van der Waals surface area contributed by atoms with Crippen molar-refractivity contribution in [1.29, 1.82) is 0 Å². The van der Waals surface area contributed by atoms with Crippen LogP contribution in [0.15, 0.2) is 82.7 Å². The highest BCUT2D eigenvalue weighted by Gasteiger charge is 2.29. The summed E-state index contributed by atoms with van der Waals surface area (Å²) in [6.45, 7) is 11.8. The Labute approximate surface area is 244 Å². The van der Waals surface area contributed by atoms with Crippen LogP contribution in [0.5, 0.6) is 0 Å². The molecule has 7 nitrogen and oxygen atoms in total. The Hall–Kier alpha value is -3.26. The number of anilines is 1. The maximum atomic E-state index is 13.6. The summed E-state index contributed by atoms with van der Waals surface area (Å²) < 4.78 is 0. The molecule has 8 heteroatoms. The summed E-state index contributed by atoms with van der Waals surface area (Å²) in [4.78, 5) is 28.9. The number of rotatable bonds is 9. The number of carbonyl (C=O) groups excluding carboxylic acids is 1. The number of allylic oxidation sites excluding steroid dienone is 7. The van der Waals surface area contributed by atoms with Crippen LogP contribution in [0.1, 0.15) is 45.9 Å². The van der Waals surface area contributed by atoms with Gasteiger partial charge in [-0.1, -0.05) is 36.8 Å². The zero-order chi connectivity index (χ0) is 28.6. The highest BCUT2D eigenvalue weighted by molar-refractivity contribution is 7.98. The smallest absolute Gasteiger partial charge is 0.255 e. The zero-order valence-electron chi connectivity index (χ0n) is 24.9. The van der Waals surface area contributed by atoms with Gasteiger partial charge in [0, 0.05) is 56.3 Å². The molecule has 40 heavy (non-hydrogen) atoms. The van der Waals surface area contributed by atoms with E-state index in [2.05, 4.69) is 88.6 Å². The molecule has 1 amide bonds. The SMILES string of the molecule is CC/C=C\C=C(/CSC)N[C@H](C)C1=C2C=C(N3CCN(c4cnc(C)nc4)CC3)N(C)C(=O)C(=CC(C)=C1)CC2. The normalized spacial score (nSPS) is 19.6. The third-order valence-corrected chi connectivity index (χ3v) is 8.22. The van der Waals surface area contributed by atoms with Crippen molar-refractivity contribution >= 4 is 23.4 Å². The summed E-state index contributed by atoms with van der Waals surface area (Å²) >= 11 is 1.82. The van der Waals surface area contributed by atoms with E-state index in [9.17, 15) is 4.79 Å². The number of hydrogen-bond acceptors (Lipinski definition) is 7. The van der Waals surface area contributed by atoms with Gasteiger partial charge in [0.25, 0.3) is 5.91 Å². The molecule has 2 aliphatic heterocycles. The molecule has 1 N–H and O–H groups in total. The van der Waals surface area contributed by atoms with Crippen molar-refractivity contribution < 1.29 is 4.79 Å². The zero-order valence-corrected chi connectivity index (χ0v) is 25.7. The number of thioether (sulfide) groups is 1. The lowest BCUT2D eigenvalue weighted by molar-refractivity contribution is -0.125. The lowest BCUT2D eigenvalue weighted by Crippen LogP contribution is -2.49. The van der Waals surface area contributed by atoms with Gasteiger partial charge in [0.05, 0.1) is 18.1 Å². The summed E-state index contributed by atoms with van der Waals surface area (Å²) in [6, 6.07) is 0.129. The molecule has 3 heterocycles. The van der Waals surface area contributed by atoms with E-state index in [1.54, 1.807) is 0 Å². The highest BCUT2D eigenvalue weighted by atomic mass is 32.2. The van der Waals surface area contributed by atoms with Crippen LogP contribution in [-0.2, 0) is 4.79 Å². The number of carbonyl (C=O) groups is 1. The van der Waals surface area contributed by atoms with Gasteiger partial charge < -0.3 is 15.1 Å². The molecule has 1 fully saturated rings. The summed E-state index contributed by atoms with van der Waals surface area (Å²) in [7, 11) is 1.92. The highest BCUT2D eigenvalue weighted by Crippen LogP contribution is 2.32.